The second-order valence-corrected chi connectivity index (χ2v) is 3.53. The lowest BCUT2D eigenvalue weighted by Crippen LogP contribution is -2.05. The Morgan fingerprint density at radius 2 is 2.24 bits per heavy atom. The Kier molecular flexibility index (Phi) is 3.65. The number of nitriles is 1. The van der Waals surface area contributed by atoms with E-state index in [4.69, 9.17) is 5.26 Å². The maximum atomic E-state index is 8.57. The Morgan fingerprint density at radius 1 is 1.29 bits per heavy atom. The number of rotatable bonds is 5. The molecule has 0 fully saturated rings. The summed E-state index contributed by atoms with van der Waals surface area (Å²) in [4.78, 5) is 0. The van der Waals surface area contributed by atoms with E-state index >= 15 is 0 Å². The fourth-order valence-corrected chi connectivity index (χ4v) is 1.41. The molecule has 0 aliphatic heterocycles. The molecule has 0 bridgehead atoms. The molecule has 2 heterocycles. The van der Waals surface area contributed by atoms with Crippen LogP contribution < -0.4 is 5.32 Å². The van der Waals surface area contributed by atoms with Crippen molar-refractivity contribution in [3.8, 4) is 6.07 Å². The molecule has 0 amide bonds. The van der Waals surface area contributed by atoms with Crippen LogP contribution in [0.4, 0.5) is 5.82 Å². The fourth-order valence-electron chi connectivity index (χ4n) is 1.41. The van der Waals surface area contributed by atoms with Gasteiger partial charge >= 0.3 is 0 Å². The molecule has 0 aromatic carbocycles. The van der Waals surface area contributed by atoms with Crippen LogP contribution in [0.5, 0.6) is 0 Å². The minimum absolute atomic E-state index is 0.327. The van der Waals surface area contributed by atoms with E-state index in [0.717, 1.165) is 25.1 Å². The highest BCUT2D eigenvalue weighted by Crippen LogP contribution is 2.02. The van der Waals surface area contributed by atoms with Crippen molar-refractivity contribution < 1.29 is 0 Å². The number of aryl methyl sites for hydroxylation is 1. The highest BCUT2D eigenvalue weighted by molar-refractivity contribution is 5.35. The topological polar surface area (TPSA) is 90.3 Å². The largest absolute Gasteiger partial charge is 0.369 e. The molecule has 86 valence electrons. The third kappa shape index (κ3) is 3.28. The standard InChI is InChI=1S/C11H12N6/c12-8-10-3-4-11(17-16-10)13-6-1-2-9-5-7-14-15-9/h3-5,7H,1-2,6H2,(H,13,17)(H,14,15). The molecule has 2 aromatic rings. The van der Waals surface area contributed by atoms with E-state index in [-0.39, 0.29) is 0 Å². The first kappa shape index (κ1) is 11.1. The predicted molar refractivity (Wildman–Crippen MR) is 62.1 cm³/mol. The van der Waals surface area contributed by atoms with Crippen LogP contribution in [0.2, 0.25) is 0 Å². The molecule has 6 nitrogen and oxygen atoms in total. The number of anilines is 1. The van der Waals surface area contributed by atoms with Gasteiger partial charge in [0.25, 0.3) is 0 Å². The van der Waals surface area contributed by atoms with E-state index in [0.29, 0.717) is 11.5 Å². The molecular formula is C11H12N6. The zero-order chi connectivity index (χ0) is 11.9. The second-order valence-electron chi connectivity index (χ2n) is 3.53. The average Bonchev–Trinajstić information content (AvgIpc) is 2.88. The third-order valence-corrected chi connectivity index (χ3v) is 2.27. The van der Waals surface area contributed by atoms with Crippen LogP contribution in [-0.4, -0.2) is 26.9 Å². The number of nitrogens with one attached hydrogen (secondary N) is 2. The van der Waals surface area contributed by atoms with Gasteiger partial charge in [-0.15, -0.1) is 10.2 Å². The van der Waals surface area contributed by atoms with E-state index in [2.05, 4.69) is 25.7 Å². The summed E-state index contributed by atoms with van der Waals surface area (Å²) in [6, 6.07) is 7.28. The first-order valence-corrected chi connectivity index (χ1v) is 5.34. The Labute approximate surface area is 98.7 Å². The monoisotopic (exact) mass is 228 g/mol. The van der Waals surface area contributed by atoms with Gasteiger partial charge in [-0.2, -0.15) is 10.4 Å². The molecule has 0 saturated carbocycles. The van der Waals surface area contributed by atoms with Crippen molar-refractivity contribution in [2.75, 3.05) is 11.9 Å². The number of H-pyrrole nitrogens is 1. The number of nitrogens with zero attached hydrogens (tertiary/aromatic N) is 4. The summed E-state index contributed by atoms with van der Waals surface area (Å²) in [6.07, 6.45) is 3.66. The van der Waals surface area contributed by atoms with Gasteiger partial charge in [0.1, 0.15) is 11.9 Å². The first-order chi connectivity index (χ1) is 8.38. The van der Waals surface area contributed by atoms with Crippen molar-refractivity contribution in [2.45, 2.75) is 12.8 Å². The van der Waals surface area contributed by atoms with Crippen LogP contribution in [0.1, 0.15) is 17.8 Å². The Bertz CT molecular complexity index is 482. The molecule has 6 heteroatoms. The molecule has 0 spiro atoms. The van der Waals surface area contributed by atoms with E-state index < -0.39 is 0 Å². The van der Waals surface area contributed by atoms with Crippen molar-refractivity contribution in [1.82, 2.24) is 20.4 Å². The maximum absolute atomic E-state index is 8.57. The molecule has 0 aliphatic rings. The molecule has 2 N–H and O–H groups in total. The fraction of sp³-hybridized carbons (Fsp3) is 0.273. The molecule has 2 aromatic heterocycles. The van der Waals surface area contributed by atoms with Gasteiger partial charge in [0, 0.05) is 18.4 Å². The van der Waals surface area contributed by atoms with Gasteiger partial charge in [-0.1, -0.05) is 0 Å². The van der Waals surface area contributed by atoms with Gasteiger partial charge in [-0.25, -0.2) is 0 Å². The van der Waals surface area contributed by atoms with Gasteiger partial charge in [-0.05, 0) is 31.0 Å². The summed E-state index contributed by atoms with van der Waals surface area (Å²) in [5, 5.41) is 26.1. The molecule has 17 heavy (non-hydrogen) atoms. The second kappa shape index (κ2) is 5.61. The smallest absolute Gasteiger partial charge is 0.163 e. The highest BCUT2D eigenvalue weighted by Gasteiger charge is 1.97. The number of hydrogen-bond donors (Lipinski definition) is 2. The highest BCUT2D eigenvalue weighted by atomic mass is 15.2. The summed E-state index contributed by atoms with van der Waals surface area (Å²) in [7, 11) is 0. The minimum atomic E-state index is 0.327. The Morgan fingerprint density at radius 3 is 2.88 bits per heavy atom. The molecule has 0 saturated heterocycles. The van der Waals surface area contributed by atoms with Crippen LogP contribution in [0.3, 0.4) is 0 Å². The number of aromatic amines is 1. The van der Waals surface area contributed by atoms with Crippen LogP contribution in [0.15, 0.2) is 24.4 Å². The lowest BCUT2D eigenvalue weighted by Gasteiger charge is -2.03. The van der Waals surface area contributed by atoms with E-state index in [1.807, 2.05) is 12.1 Å². The van der Waals surface area contributed by atoms with Crippen LogP contribution in [0.25, 0.3) is 0 Å². The summed E-state index contributed by atoms with van der Waals surface area (Å²) in [6.45, 7) is 0.805. The van der Waals surface area contributed by atoms with E-state index in [1.165, 1.54) is 0 Å². The van der Waals surface area contributed by atoms with Gasteiger partial charge in [-0.3, -0.25) is 5.10 Å². The number of aromatic nitrogens is 4. The molecule has 0 atom stereocenters. The van der Waals surface area contributed by atoms with Crippen LogP contribution in [-0.2, 0) is 6.42 Å². The average molecular weight is 228 g/mol. The Balaban J connectivity index is 1.73. The predicted octanol–water partition coefficient (Wildman–Crippen LogP) is 1.12. The zero-order valence-electron chi connectivity index (χ0n) is 9.22. The lowest BCUT2D eigenvalue weighted by molar-refractivity contribution is 0.820. The molecule has 0 radical (unpaired) electrons. The van der Waals surface area contributed by atoms with Gasteiger partial charge in [0.2, 0.25) is 0 Å². The molecule has 2 rings (SSSR count). The van der Waals surface area contributed by atoms with Crippen molar-refractivity contribution in [1.29, 1.82) is 5.26 Å². The van der Waals surface area contributed by atoms with Crippen molar-refractivity contribution >= 4 is 5.82 Å². The van der Waals surface area contributed by atoms with Gasteiger partial charge in [0.15, 0.2) is 5.69 Å². The SMILES string of the molecule is N#Cc1ccc(NCCCc2ccn[nH]2)nn1. The van der Waals surface area contributed by atoms with Crippen LogP contribution >= 0.6 is 0 Å². The normalized spacial score (nSPS) is 9.82. The van der Waals surface area contributed by atoms with Gasteiger partial charge in [0.05, 0.1) is 0 Å². The minimum Gasteiger partial charge on any atom is -0.369 e. The van der Waals surface area contributed by atoms with E-state index in [1.54, 1.807) is 18.3 Å². The molecule has 0 unspecified atom stereocenters. The number of hydrogen-bond acceptors (Lipinski definition) is 5. The summed E-state index contributed by atoms with van der Waals surface area (Å²) >= 11 is 0. The Hall–Kier alpha value is -2.42. The maximum Gasteiger partial charge on any atom is 0.163 e. The first-order valence-electron chi connectivity index (χ1n) is 5.34. The summed E-state index contributed by atoms with van der Waals surface area (Å²) in [5.41, 5.74) is 1.45. The molecule has 0 aliphatic carbocycles. The van der Waals surface area contributed by atoms with Crippen molar-refractivity contribution in [2.24, 2.45) is 0 Å². The van der Waals surface area contributed by atoms with Crippen molar-refractivity contribution in [3.63, 3.8) is 0 Å². The zero-order valence-corrected chi connectivity index (χ0v) is 9.22. The van der Waals surface area contributed by atoms with E-state index in [9.17, 15) is 0 Å². The van der Waals surface area contributed by atoms with Gasteiger partial charge < -0.3 is 5.32 Å². The lowest BCUT2D eigenvalue weighted by atomic mass is 10.2. The molecular weight excluding hydrogens is 216 g/mol. The van der Waals surface area contributed by atoms with Crippen LogP contribution in [0, 0.1) is 11.3 Å². The summed E-state index contributed by atoms with van der Waals surface area (Å²) in [5.74, 6) is 0.689. The third-order valence-electron chi connectivity index (χ3n) is 2.27. The summed E-state index contributed by atoms with van der Waals surface area (Å²) < 4.78 is 0. The van der Waals surface area contributed by atoms with Crippen molar-refractivity contribution in [3.05, 3.63) is 35.8 Å². The quantitative estimate of drug-likeness (QED) is 0.748.